The SMILES string of the molecule is N#C[C@]1(C2CC(c3ccc(N4C[C@H](Cn5ccnn5)OC4=O)cc3F)=CS2)[C@@H]2COC[C@@H]21. The van der Waals surface area contributed by atoms with Crippen LogP contribution in [-0.4, -0.2) is 52.2 Å². The number of anilines is 1. The van der Waals surface area contributed by atoms with Gasteiger partial charge in [-0.1, -0.05) is 5.21 Å². The number of nitrogens with zero attached hydrogens (tertiary/aromatic N) is 5. The number of ether oxygens (including phenoxy) is 2. The van der Waals surface area contributed by atoms with Crippen molar-refractivity contribution in [2.24, 2.45) is 17.3 Å². The molecule has 1 aromatic carbocycles. The van der Waals surface area contributed by atoms with Gasteiger partial charge in [-0.15, -0.1) is 16.9 Å². The van der Waals surface area contributed by atoms with Crippen LogP contribution in [0.4, 0.5) is 14.9 Å². The van der Waals surface area contributed by atoms with Crippen molar-refractivity contribution < 1.29 is 18.7 Å². The molecular weight excluding hydrogens is 433 g/mol. The molecule has 5 atom stereocenters. The molecule has 32 heavy (non-hydrogen) atoms. The van der Waals surface area contributed by atoms with Crippen molar-refractivity contribution in [3.63, 3.8) is 0 Å². The molecule has 4 aliphatic rings. The van der Waals surface area contributed by atoms with Crippen LogP contribution in [0.25, 0.3) is 5.57 Å². The number of aromatic nitrogens is 3. The fraction of sp³-hybridized carbons (Fsp3) is 0.455. The second-order valence-electron chi connectivity index (χ2n) is 8.67. The minimum absolute atomic E-state index is 0.131. The van der Waals surface area contributed by atoms with E-state index < -0.39 is 6.09 Å². The van der Waals surface area contributed by atoms with E-state index in [2.05, 4.69) is 16.4 Å². The Morgan fingerprint density at radius 3 is 2.91 bits per heavy atom. The summed E-state index contributed by atoms with van der Waals surface area (Å²) in [6.45, 7) is 2.00. The van der Waals surface area contributed by atoms with Crippen LogP contribution in [0.15, 0.2) is 36.0 Å². The first-order chi connectivity index (χ1) is 15.6. The zero-order valence-corrected chi connectivity index (χ0v) is 17.9. The van der Waals surface area contributed by atoms with Gasteiger partial charge in [-0.2, -0.15) is 5.26 Å². The Kier molecular flexibility index (Phi) is 4.52. The van der Waals surface area contributed by atoms with E-state index >= 15 is 4.39 Å². The highest BCUT2D eigenvalue weighted by Crippen LogP contribution is 2.68. The van der Waals surface area contributed by atoms with E-state index in [0.29, 0.717) is 55.8 Å². The molecule has 0 bridgehead atoms. The van der Waals surface area contributed by atoms with Gasteiger partial charge in [-0.3, -0.25) is 4.90 Å². The van der Waals surface area contributed by atoms with Gasteiger partial charge in [0.2, 0.25) is 0 Å². The molecule has 164 valence electrons. The smallest absolute Gasteiger partial charge is 0.414 e. The standard InChI is InChI=1S/C22H20FN5O3S/c23-19-6-14(28-8-15(31-21(28)29)7-27-4-3-25-26-27)1-2-16(19)13-5-20(32-11-13)22(12-24)17-9-30-10-18(17)22/h1-4,6,11,15,17-18,20H,5,7-10H2/t15-,17-,18+,20?,22+/m0/s1. The van der Waals surface area contributed by atoms with Crippen LogP contribution in [0.3, 0.4) is 0 Å². The quantitative estimate of drug-likeness (QED) is 0.687. The van der Waals surface area contributed by atoms with Gasteiger partial charge < -0.3 is 9.47 Å². The first kappa shape index (κ1) is 19.8. The molecule has 2 saturated heterocycles. The zero-order chi connectivity index (χ0) is 21.9. The van der Waals surface area contributed by atoms with Gasteiger partial charge in [0.15, 0.2) is 0 Å². The highest BCUT2D eigenvalue weighted by molar-refractivity contribution is 8.03. The fourth-order valence-electron chi connectivity index (χ4n) is 5.32. The maximum Gasteiger partial charge on any atom is 0.414 e. The van der Waals surface area contributed by atoms with Crippen LogP contribution >= 0.6 is 11.8 Å². The maximum absolute atomic E-state index is 15.1. The molecule has 8 nitrogen and oxygen atoms in total. The Morgan fingerprint density at radius 1 is 1.34 bits per heavy atom. The van der Waals surface area contributed by atoms with Gasteiger partial charge in [0.05, 0.1) is 49.7 Å². The van der Waals surface area contributed by atoms with Crippen molar-refractivity contribution in [1.29, 1.82) is 5.26 Å². The van der Waals surface area contributed by atoms with E-state index in [0.717, 1.165) is 5.57 Å². The Bertz CT molecular complexity index is 1140. The van der Waals surface area contributed by atoms with Crippen LogP contribution in [0.1, 0.15) is 12.0 Å². The van der Waals surface area contributed by atoms with Crippen LogP contribution in [-0.2, 0) is 16.0 Å². The number of amides is 1. The molecule has 2 aromatic rings. The summed E-state index contributed by atoms with van der Waals surface area (Å²) in [5, 5.41) is 19.6. The molecule has 10 heteroatoms. The Labute approximate surface area is 188 Å². The van der Waals surface area contributed by atoms with Crippen molar-refractivity contribution >= 4 is 29.1 Å². The molecule has 3 fully saturated rings. The number of thioether (sulfide) groups is 1. The predicted molar refractivity (Wildman–Crippen MR) is 114 cm³/mol. The van der Waals surface area contributed by atoms with E-state index in [1.807, 2.05) is 5.41 Å². The van der Waals surface area contributed by atoms with Crippen LogP contribution in [0, 0.1) is 34.4 Å². The molecule has 1 saturated carbocycles. The highest BCUT2D eigenvalue weighted by atomic mass is 32.2. The molecule has 1 aromatic heterocycles. The number of carbonyl (C=O) groups is 1. The normalized spacial score (nSPS) is 33.1. The maximum atomic E-state index is 15.1. The summed E-state index contributed by atoms with van der Waals surface area (Å²) in [5.74, 6) is 0.223. The number of carbonyl (C=O) groups excluding carboxylic acids is 1. The third kappa shape index (κ3) is 2.95. The number of allylic oxidation sites excluding steroid dienone is 1. The largest absolute Gasteiger partial charge is 0.442 e. The van der Waals surface area contributed by atoms with E-state index in [9.17, 15) is 10.1 Å². The lowest BCUT2D eigenvalue weighted by atomic mass is 9.91. The van der Waals surface area contributed by atoms with Gasteiger partial charge in [-0.05, 0) is 35.6 Å². The number of fused-ring (bicyclic) bond motifs is 1. The molecule has 6 rings (SSSR count). The van der Waals surface area contributed by atoms with Gasteiger partial charge in [0.1, 0.15) is 11.9 Å². The molecule has 1 aliphatic carbocycles. The molecular formula is C22H20FN5O3S. The van der Waals surface area contributed by atoms with Crippen molar-refractivity contribution in [3.8, 4) is 6.07 Å². The minimum Gasteiger partial charge on any atom is -0.442 e. The van der Waals surface area contributed by atoms with Gasteiger partial charge in [0, 0.05) is 28.8 Å². The monoisotopic (exact) mass is 453 g/mol. The average Bonchev–Trinajstić information content (AvgIpc) is 3.45. The number of cyclic esters (lactones) is 1. The zero-order valence-electron chi connectivity index (χ0n) is 17.1. The number of hydrogen-bond donors (Lipinski definition) is 0. The summed E-state index contributed by atoms with van der Waals surface area (Å²) in [7, 11) is 0. The summed E-state index contributed by atoms with van der Waals surface area (Å²) in [4.78, 5) is 13.8. The molecule has 0 N–H and O–H groups in total. The van der Waals surface area contributed by atoms with Crippen molar-refractivity contribution in [3.05, 3.63) is 47.4 Å². The number of nitriles is 1. The van der Waals surface area contributed by atoms with E-state index in [-0.39, 0.29) is 22.6 Å². The fourth-order valence-corrected chi connectivity index (χ4v) is 6.78. The van der Waals surface area contributed by atoms with Crippen molar-refractivity contribution in [1.82, 2.24) is 15.0 Å². The Balaban J connectivity index is 1.15. The summed E-state index contributed by atoms with van der Waals surface area (Å²) in [5.41, 5.74) is 1.53. The molecule has 4 heterocycles. The van der Waals surface area contributed by atoms with Gasteiger partial charge in [-0.25, -0.2) is 13.9 Å². The third-order valence-electron chi connectivity index (χ3n) is 7.05. The number of halogens is 1. The van der Waals surface area contributed by atoms with Crippen molar-refractivity contribution in [2.75, 3.05) is 24.7 Å². The highest BCUT2D eigenvalue weighted by Gasteiger charge is 2.71. The van der Waals surface area contributed by atoms with E-state index in [1.165, 1.54) is 11.0 Å². The van der Waals surface area contributed by atoms with Crippen LogP contribution in [0.5, 0.6) is 0 Å². The predicted octanol–water partition coefficient (Wildman–Crippen LogP) is 3.08. The lowest BCUT2D eigenvalue weighted by Crippen LogP contribution is -2.26. The number of rotatable bonds is 5. The second-order valence-corrected chi connectivity index (χ2v) is 9.75. The summed E-state index contributed by atoms with van der Waals surface area (Å²) in [6, 6.07) is 7.40. The Hall–Kier alpha value is -2.90. The van der Waals surface area contributed by atoms with Crippen LogP contribution < -0.4 is 4.90 Å². The lowest BCUT2D eigenvalue weighted by molar-refractivity contribution is 0.129. The first-order valence-corrected chi connectivity index (χ1v) is 11.5. The summed E-state index contributed by atoms with van der Waals surface area (Å²) < 4.78 is 27.6. The van der Waals surface area contributed by atoms with Crippen molar-refractivity contribution in [2.45, 2.75) is 24.3 Å². The molecule has 0 radical (unpaired) electrons. The van der Waals surface area contributed by atoms with E-state index in [4.69, 9.17) is 9.47 Å². The van der Waals surface area contributed by atoms with E-state index in [1.54, 1.807) is 41.0 Å². The Morgan fingerprint density at radius 2 is 2.19 bits per heavy atom. The van der Waals surface area contributed by atoms with Crippen LogP contribution in [0.2, 0.25) is 0 Å². The van der Waals surface area contributed by atoms with Gasteiger partial charge >= 0.3 is 6.09 Å². The summed E-state index contributed by atoms with van der Waals surface area (Å²) >= 11 is 1.63. The minimum atomic E-state index is -0.503. The second kappa shape index (κ2) is 7.32. The average molecular weight is 453 g/mol. The number of benzene rings is 1. The topological polar surface area (TPSA) is 93.3 Å². The third-order valence-corrected chi connectivity index (χ3v) is 8.36. The summed E-state index contributed by atoms with van der Waals surface area (Å²) in [6.07, 6.45) is 3.03. The number of hydrogen-bond acceptors (Lipinski definition) is 7. The lowest BCUT2D eigenvalue weighted by Gasteiger charge is -2.20. The molecule has 0 spiro atoms. The molecule has 3 aliphatic heterocycles. The molecule has 1 amide bonds. The molecule has 1 unspecified atom stereocenters. The first-order valence-electron chi connectivity index (χ1n) is 10.6. The van der Waals surface area contributed by atoms with Gasteiger partial charge in [0.25, 0.3) is 0 Å².